The van der Waals surface area contributed by atoms with Gasteiger partial charge in [-0.25, -0.2) is 0 Å². The standard InChI is InChI=1S/C13H16N2O3/c1-18-11-5-3-2-4-10(11)8-12(16)14-15-13(17)9-6-7-9/h2-5,9H,6-8H2,1H3,(H,14,16)(H,15,17). The first-order valence-corrected chi connectivity index (χ1v) is 5.91. The summed E-state index contributed by atoms with van der Waals surface area (Å²) in [5, 5.41) is 0. The summed E-state index contributed by atoms with van der Waals surface area (Å²) in [5.74, 6) is 0.384. The summed E-state index contributed by atoms with van der Waals surface area (Å²) in [7, 11) is 1.56. The number of nitrogens with one attached hydrogen (secondary N) is 2. The van der Waals surface area contributed by atoms with Crippen molar-refractivity contribution >= 4 is 11.8 Å². The fourth-order valence-corrected chi connectivity index (χ4v) is 1.65. The van der Waals surface area contributed by atoms with Gasteiger partial charge in [-0.2, -0.15) is 0 Å². The van der Waals surface area contributed by atoms with Gasteiger partial charge in [0.05, 0.1) is 13.5 Å². The zero-order valence-electron chi connectivity index (χ0n) is 10.2. The van der Waals surface area contributed by atoms with Crippen molar-refractivity contribution in [2.45, 2.75) is 19.3 Å². The first-order chi connectivity index (χ1) is 8.70. The molecule has 0 unspecified atom stereocenters. The number of rotatable bonds is 4. The predicted octanol–water partition coefficient (Wildman–Crippen LogP) is 0.795. The summed E-state index contributed by atoms with van der Waals surface area (Å²) >= 11 is 0. The zero-order chi connectivity index (χ0) is 13.0. The zero-order valence-corrected chi connectivity index (χ0v) is 10.2. The molecule has 5 nitrogen and oxygen atoms in total. The second kappa shape index (κ2) is 5.53. The van der Waals surface area contributed by atoms with Gasteiger partial charge in [0, 0.05) is 11.5 Å². The van der Waals surface area contributed by atoms with Crippen molar-refractivity contribution in [1.29, 1.82) is 0 Å². The maximum atomic E-state index is 11.6. The first kappa shape index (κ1) is 12.4. The van der Waals surface area contributed by atoms with Crippen LogP contribution in [0.1, 0.15) is 18.4 Å². The van der Waals surface area contributed by atoms with Gasteiger partial charge in [0.1, 0.15) is 5.75 Å². The molecule has 1 fully saturated rings. The smallest absolute Gasteiger partial charge is 0.242 e. The van der Waals surface area contributed by atoms with Gasteiger partial charge >= 0.3 is 0 Å². The highest BCUT2D eigenvalue weighted by atomic mass is 16.5. The van der Waals surface area contributed by atoms with Crippen molar-refractivity contribution in [2.75, 3.05) is 7.11 Å². The van der Waals surface area contributed by atoms with Crippen LogP contribution in [0.2, 0.25) is 0 Å². The van der Waals surface area contributed by atoms with Crippen LogP contribution in [0.15, 0.2) is 24.3 Å². The summed E-state index contributed by atoms with van der Waals surface area (Å²) in [6.07, 6.45) is 2.00. The van der Waals surface area contributed by atoms with Gasteiger partial charge in [-0.05, 0) is 18.9 Å². The molecule has 5 heteroatoms. The average molecular weight is 248 g/mol. The van der Waals surface area contributed by atoms with Crippen LogP contribution in [0.5, 0.6) is 5.75 Å². The minimum Gasteiger partial charge on any atom is -0.496 e. The summed E-state index contributed by atoms with van der Waals surface area (Å²) in [4.78, 5) is 23.0. The lowest BCUT2D eigenvalue weighted by molar-refractivity contribution is -0.129. The van der Waals surface area contributed by atoms with Gasteiger partial charge in [-0.3, -0.25) is 20.4 Å². The van der Waals surface area contributed by atoms with Crippen LogP contribution in [0, 0.1) is 5.92 Å². The highest BCUT2D eigenvalue weighted by molar-refractivity contribution is 5.85. The molecule has 96 valence electrons. The van der Waals surface area contributed by atoms with Crippen molar-refractivity contribution in [2.24, 2.45) is 5.92 Å². The molecule has 0 aromatic heterocycles. The number of benzene rings is 1. The molecule has 2 amide bonds. The van der Waals surface area contributed by atoms with E-state index in [9.17, 15) is 9.59 Å². The van der Waals surface area contributed by atoms with Crippen molar-refractivity contribution in [3.63, 3.8) is 0 Å². The van der Waals surface area contributed by atoms with Crippen LogP contribution < -0.4 is 15.6 Å². The monoisotopic (exact) mass is 248 g/mol. The third-order valence-electron chi connectivity index (χ3n) is 2.82. The van der Waals surface area contributed by atoms with Gasteiger partial charge in [0.2, 0.25) is 11.8 Å². The third kappa shape index (κ3) is 3.23. The molecule has 2 rings (SSSR count). The molecule has 18 heavy (non-hydrogen) atoms. The molecule has 1 aromatic rings. The quantitative estimate of drug-likeness (QED) is 0.774. The van der Waals surface area contributed by atoms with E-state index in [1.54, 1.807) is 13.2 Å². The number of carbonyl (C=O) groups is 2. The van der Waals surface area contributed by atoms with Crippen LogP contribution in [0.3, 0.4) is 0 Å². The van der Waals surface area contributed by atoms with E-state index < -0.39 is 0 Å². The van der Waals surface area contributed by atoms with Gasteiger partial charge in [-0.15, -0.1) is 0 Å². The van der Waals surface area contributed by atoms with E-state index in [1.807, 2.05) is 18.2 Å². The molecule has 0 radical (unpaired) electrons. The Morgan fingerprint density at radius 2 is 2.00 bits per heavy atom. The molecule has 0 spiro atoms. The molecular formula is C13H16N2O3. The lowest BCUT2D eigenvalue weighted by Crippen LogP contribution is -2.43. The van der Waals surface area contributed by atoms with Gasteiger partial charge in [0.15, 0.2) is 0 Å². The van der Waals surface area contributed by atoms with E-state index in [-0.39, 0.29) is 24.2 Å². The van der Waals surface area contributed by atoms with Gasteiger partial charge < -0.3 is 4.74 Å². The number of para-hydroxylation sites is 1. The Kier molecular flexibility index (Phi) is 3.82. The van der Waals surface area contributed by atoms with Crippen molar-refractivity contribution in [3.8, 4) is 5.75 Å². The highest BCUT2D eigenvalue weighted by Gasteiger charge is 2.29. The number of ether oxygens (including phenoxy) is 1. The number of methoxy groups -OCH3 is 1. The van der Waals surface area contributed by atoms with Gasteiger partial charge in [0.25, 0.3) is 0 Å². The molecule has 0 bridgehead atoms. The Labute approximate surface area is 105 Å². The largest absolute Gasteiger partial charge is 0.496 e. The molecule has 0 saturated heterocycles. The maximum absolute atomic E-state index is 11.6. The second-order valence-electron chi connectivity index (χ2n) is 4.30. The van der Waals surface area contributed by atoms with Crippen molar-refractivity contribution in [3.05, 3.63) is 29.8 Å². The molecular weight excluding hydrogens is 232 g/mol. The molecule has 0 atom stereocenters. The lowest BCUT2D eigenvalue weighted by atomic mass is 10.1. The second-order valence-corrected chi connectivity index (χ2v) is 4.30. The van der Waals surface area contributed by atoms with Gasteiger partial charge in [-0.1, -0.05) is 18.2 Å². The first-order valence-electron chi connectivity index (χ1n) is 5.91. The number of hydrazine groups is 1. The molecule has 1 aromatic carbocycles. The van der Waals surface area contributed by atoms with E-state index in [4.69, 9.17) is 4.74 Å². The summed E-state index contributed by atoms with van der Waals surface area (Å²) < 4.78 is 5.15. The Balaban J connectivity index is 1.84. The Morgan fingerprint density at radius 1 is 1.28 bits per heavy atom. The average Bonchev–Trinajstić information content (AvgIpc) is 3.21. The third-order valence-corrected chi connectivity index (χ3v) is 2.82. The molecule has 1 saturated carbocycles. The van der Waals surface area contributed by atoms with Crippen LogP contribution >= 0.6 is 0 Å². The molecule has 2 N–H and O–H groups in total. The minimum atomic E-state index is -0.256. The maximum Gasteiger partial charge on any atom is 0.242 e. The summed E-state index contributed by atoms with van der Waals surface area (Å²) in [6, 6.07) is 7.30. The number of amides is 2. The summed E-state index contributed by atoms with van der Waals surface area (Å²) in [5.41, 5.74) is 5.62. The predicted molar refractivity (Wildman–Crippen MR) is 65.7 cm³/mol. The van der Waals surface area contributed by atoms with Crippen LogP contribution in [0.25, 0.3) is 0 Å². The Bertz CT molecular complexity index is 455. The van der Waals surface area contributed by atoms with E-state index in [2.05, 4.69) is 10.9 Å². The fourth-order valence-electron chi connectivity index (χ4n) is 1.65. The number of carbonyl (C=O) groups excluding carboxylic acids is 2. The van der Waals surface area contributed by atoms with E-state index in [0.717, 1.165) is 18.4 Å². The highest BCUT2D eigenvalue weighted by Crippen LogP contribution is 2.28. The topological polar surface area (TPSA) is 67.4 Å². The molecule has 0 heterocycles. The van der Waals surface area contributed by atoms with E-state index in [1.165, 1.54) is 0 Å². The van der Waals surface area contributed by atoms with E-state index >= 15 is 0 Å². The number of hydrogen-bond donors (Lipinski definition) is 2. The lowest BCUT2D eigenvalue weighted by Gasteiger charge is -2.09. The van der Waals surface area contributed by atoms with E-state index in [0.29, 0.717) is 5.75 Å². The van der Waals surface area contributed by atoms with Crippen LogP contribution in [-0.4, -0.2) is 18.9 Å². The molecule has 0 aliphatic heterocycles. The normalized spacial score (nSPS) is 13.8. The van der Waals surface area contributed by atoms with Crippen molar-refractivity contribution < 1.29 is 14.3 Å². The fraction of sp³-hybridized carbons (Fsp3) is 0.385. The molecule has 1 aliphatic rings. The number of hydrogen-bond acceptors (Lipinski definition) is 3. The summed E-state index contributed by atoms with van der Waals surface area (Å²) in [6.45, 7) is 0. The Morgan fingerprint density at radius 3 is 2.67 bits per heavy atom. The Hall–Kier alpha value is -2.04. The molecule has 1 aliphatic carbocycles. The van der Waals surface area contributed by atoms with Crippen LogP contribution in [-0.2, 0) is 16.0 Å². The SMILES string of the molecule is COc1ccccc1CC(=O)NNC(=O)C1CC1. The van der Waals surface area contributed by atoms with Crippen molar-refractivity contribution in [1.82, 2.24) is 10.9 Å². The van der Waals surface area contributed by atoms with Crippen LogP contribution in [0.4, 0.5) is 0 Å². The minimum absolute atomic E-state index is 0.0801.